The minimum Gasteiger partial charge on any atom is -0.404 e. The van der Waals surface area contributed by atoms with E-state index in [0.717, 1.165) is 6.07 Å². The summed E-state index contributed by atoms with van der Waals surface area (Å²) in [5.41, 5.74) is -0.0628. The molecule has 0 atom stereocenters. The largest absolute Gasteiger partial charge is 0.573 e. The van der Waals surface area contributed by atoms with Gasteiger partial charge in [-0.25, -0.2) is 0 Å². The summed E-state index contributed by atoms with van der Waals surface area (Å²) in [5, 5.41) is 11.0. The van der Waals surface area contributed by atoms with E-state index in [-0.39, 0.29) is 25.4 Å². The van der Waals surface area contributed by atoms with E-state index in [4.69, 9.17) is 5.11 Å². The lowest BCUT2D eigenvalue weighted by Gasteiger charge is -2.16. The molecular formula is C12H15F3N2O3. The fraction of sp³-hybridized carbons (Fsp3) is 0.417. The first kappa shape index (κ1) is 16.3. The smallest absolute Gasteiger partial charge is 0.404 e. The van der Waals surface area contributed by atoms with Crippen molar-refractivity contribution < 1.29 is 27.8 Å². The molecule has 1 aromatic rings. The molecule has 112 valence electrons. The molecule has 0 aliphatic carbocycles. The van der Waals surface area contributed by atoms with Crippen LogP contribution in [0.2, 0.25) is 0 Å². The van der Waals surface area contributed by atoms with Crippen LogP contribution in [0.15, 0.2) is 24.3 Å². The molecule has 0 saturated carbocycles. The lowest BCUT2D eigenvalue weighted by Crippen LogP contribution is -2.32. The Hall–Kier alpha value is -1.80. The molecule has 5 nitrogen and oxygen atoms in total. The average molecular weight is 292 g/mol. The molecular weight excluding hydrogens is 277 g/mol. The quantitative estimate of drug-likeness (QED) is 0.833. The molecule has 0 aliphatic rings. The third kappa shape index (κ3) is 5.89. The average Bonchev–Trinajstić information content (AvgIpc) is 2.30. The van der Waals surface area contributed by atoms with Gasteiger partial charge in [0, 0.05) is 6.54 Å². The Labute approximate surface area is 113 Å². The van der Waals surface area contributed by atoms with Crippen molar-refractivity contribution >= 4 is 11.6 Å². The highest BCUT2D eigenvalue weighted by molar-refractivity contribution is 5.93. The number of amides is 1. The first-order chi connectivity index (χ1) is 9.31. The van der Waals surface area contributed by atoms with Gasteiger partial charge < -0.3 is 15.2 Å². The van der Waals surface area contributed by atoms with E-state index in [1.54, 1.807) is 7.05 Å². The minimum atomic E-state index is -4.82. The first-order valence-electron chi connectivity index (χ1n) is 5.76. The number of para-hydroxylation sites is 2. The monoisotopic (exact) mass is 292 g/mol. The zero-order valence-corrected chi connectivity index (χ0v) is 10.8. The highest BCUT2D eigenvalue weighted by atomic mass is 19.4. The summed E-state index contributed by atoms with van der Waals surface area (Å²) in [6.07, 6.45) is -4.82. The van der Waals surface area contributed by atoms with Crippen LogP contribution in [0.25, 0.3) is 0 Å². The number of rotatable bonds is 6. The van der Waals surface area contributed by atoms with E-state index in [0.29, 0.717) is 0 Å². The highest BCUT2D eigenvalue weighted by Gasteiger charge is 2.32. The second-order valence-corrected chi connectivity index (χ2v) is 4.05. The number of alkyl halides is 3. The second-order valence-electron chi connectivity index (χ2n) is 4.05. The van der Waals surface area contributed by atoms with Crippen LogP contribution < -0.4 is 10.1 Å². The molecule has 1 aromatic carbocycles. The standard InChI is InChI=1S/C12H15F3N2O3/c1-17(6-7-18)8-11(19)16-9-4-2-3-5-10(9)20-12(13,14)15/h2-5,18H,6-8H2,1H3,(H,16,19). The van der Waals surface area contributed by atoms with Gasteiger partial charge in [0.05, 0.1) is 18.8 Å². The predicted molar refractivity (Wildman–Crippen MR) is 66.3 cm³/mol. The molecule has 0 bridgehead atoms. The van der Waals surface area contributed by atoms with Crippen LogP contribution in [0.4, 0.5) is 18.9 Å². The highest BCUT2D eigenvalue weighted by Crippen LogP contribution is 2.29. The predicted octanol–water partition coefficient (Wildman–Crippen LogP) is 1.45. The third-order valence-electron chi connectivity index (χ3n) is 2.28. The van der Waals surface area contributed by atoms with Crippen LogP contribution in [-0.2, 0) is 4.79 Å². The third-order valence-corrected chi connectivity index (χ3v) is 2.28. The number of anilines is 1. The van der Waals surface area contributed by atoms with Crippen LogP contribution in [0.1, 0.15) is 0 Å². The molecule has 0 spiro atoms. The van der Waals surface area contributed by atoms with Gasteiger partial charge >= 0.3 is 6.36 Å². The number of hydrogen-bond acceptors (Lipinski definition) is 4. The number of hydrogen-bond donors (Lipinski definition) is 2. The van der Waals surface area contributed by atoms with Crippen molar-refractivity contribution in [2.75, 3.05) is 32.1 Å². The van der Waals surface area contributed by atoms with E-state index in [1.165, 1.54) is 23.1 Å². The number of carbonyl (C=O) groups excluding carboxylic acids is 1. The number of carbonyl (C=O) groups is 1. The Morgan fingerprint density at radius 3 is 2.65 bits per heavy atom. The Kier molecular flexibility index (Phi) is 5.78. The van der Waals surface area contributed by atoms with Gasteiger partial charge in [0.2, 0.25) is 5.91 Å². The van der Waals surface area contributed by atoms with Gasteiger partial charge in [-0.15, -0.1) is 13.2 Å². The number of nitrogens with zero attached hydrogens (tertiary/aromatic N) is 1. The Morgan fingerprint density at radius 2 is 2.05 bits per heavy atom. The van der Waals surface area contributed by atoms with E-state index in [9.17, 15) is 18.0 Å². The summed E-state index contributed by atoms with van der Waals surface area (Å²) in [4.78, 5) is 13.2. The minimum absolute atomic E-state index is 0.0547. The molecule has 1 rings (SSSR count). The van der Waals surface area contributed by atoms with Gasteiger partial charge in [0.15, 0.2) is 5.75 Å². The fourth-order valence-corrected chi connectivity index (χ4v) is 1.47. The number of ether oxygens (including phenoxy) is 1. The van der Waals surface area contributed by atoms with Crippen molar-refractivity contribution in [3.05, 3.63) is 24.3 Å². The van der Waals surface area contributed by atoms with E-state index in [1.807, 2.05) is 0 Å². The second kappa shape index (κ2) is 7.11. The maximum absolute atomic E-state index is 12.2. The summed E-state index contributed by atoms with van der Waals surface area (Å²) in [6, 6.07) is 5.27. The molecule has 0 unspecified atom stereocenters. The Balaban J connectivity index is 2.70. The number of nitrogens with one attached hydrogen (secondary N) is 1. The normalized spacial score (nSPS) is 11.5. The van der Waals surface area contributed by atoms with Crippen LogP contribution in [-0.4, -0.2) is 49.0 Å². The molecule has 0 aromatic heterocycles. The topological polar surface area (TPSA) is 61.8 Å². The van der Waals surface area contributed by atoms with E-state index in [2.05, 4.69) is 10.1 Å². The Bertz CT molecular complexity index is 452. The molecule has 20 heavy (non-hydrogen) atoms. The van der Waals surface area contributed by atoms with Gasteiger partial charge in [-0.2, -0.15) is 0 Å². The maximum Gasteiger partial charge on any atom is 0.573 e. The van der Waals surface area contributed by atoms with Crippen LogP contribution in [0.5, 0.6) is 5.75 Å². The summed E-state index contributed by atoms with van der Waals surface area (Å²) < 4.78 is 40.4. The van der Waals surface area contributed by atoms with Gasteiger partial charge in [0.1, 0.15) is 0 Å². The molecule has 1 amide bonds. The van der Waals surface area contributed by atoms with E-state index >= 15 is 0 Å². The van der Waals surface area contributed by atoms with Crippen molar-refractivity contribution in [2.45, 2.75) is 6.36 Å². The molecule has 0 fully saturated rings. The van der Waals surface area contributed by atoms with Gasteiger partial charge in [-0.05, 0) is 19.2 Å². The number of aliphatic hydroxyl groups is 1. The summed E-state index contributed by atoms with van der Waals surface area (Å²) >= 11 is 0. The number of halogens is 3. The number of likely N-dealkylation sites (N-methyl/N-ethyl adjacent to an activating group) is 1. The lowest BCUT2D eigenvalue weighted by atomic mass is 10.3. The zero-order chi connectivity index (χ0) is 15.2. The van der Waals surface area contributed by atoms with Gasteiger partial charge in [-0.3, -0.25) is 9.69 Å². The van der Waals surface area contributed by atoms with Crippen LogP contribution in [0.3, 0.4) is 0 Å². The number of benzene rings is 1. The number of aliphatic hydroxyl groups excluding tert-OH is 1. The molecule has 0 aliphatic heterocycles. The van der Waals surface area contributed by atoms with Crippen LogP contribution in [0, 0.1) is 0 Å². The van der Waals surface area contributed by atoms with Crippen LogP contribution >= 0.6 is 0 Å². The molecule has 0 heterocycles. The van der Waals surface area contributed by atoms with Crippen molar-refractivity contribution in [3.63, 3.8) is 0 Å². The maximum atomic E-state index is 12.2. The van der Waals surface area contributed by atoms with Crippen molar-refractivity contribution in [1.29, 1.82) is 0 Å². The SMILES string of the molecule is CN(CCO)CC(=O)Nc1ccccc1OC(F)(F)F. The fourth-order valence-electron chi connectivity index (χ4n) is 1.47. The van der Waals surface area contributed by atoms with Gasteiger partial charge in [0.25, 0.3) is 0 Å². The molecule has 0 radical (unpaired) electrons. The van der Waals surface area contributed by atoms with Gasteiger partial charge in [-0.1, -0.05) is 12.1 Å². The van der Waals surface area contributed by atoms with E-state index < -0.39 is 18.0 Å². The van der Waals surface area contributed by atoms with Crippen molar-refractivity contribution in [2.24, 2.45) is 0 Å². The Morgan fingerprint density at radius 1 is 1.40 bits per heavy atom. The molecule has 8 heteroatoms. The molecule has 2 N–H and O–H groups in total. The summed E-state index contributed by atoms with van der Waals surface area (Å²) in [6.45, 7) is 0.118. The van der Waals surface area contributed by atoms with Crippen molar-refractivity contribution in [3.8, 4) is 5.75 Å². The lowest BCUT2D eigenvalue weighted by molar-refractivity contribution is -0.274. The zero-order valence-electron chi connectivity index (χ0n) is 10.8. The molecule has 0 saturated heterocycles. The first-order valence-corrected chi connectivity index (χ1v) is 5.76. The summed E-state index contributed by atoms with van der Waals surface area (Å²) in [5.74, 6) is -0.975. The van der Waals surface area contributed by atoms with Crippen molar-refractivity contribution in [1.82, 2.24) is 4.90 Å². The summed E-state index contributed by atoms with van der Waals surface area (Å²) in [7, 11) is 1.61.